The molecule has 2 atom stereocenters. The highest BCUT2D eigenvalue weighted by molar-refractivity contribution is 5.27. The molecule has 2 unspecified atom stereocenters. The van der Waals surface area contributed by atoms with Gasteiger partial charge in [0, 0.05) is 12.1 Å². The second kappa shape index (κ2) is 5.88. The summed E-state index contributed by atoms with van der Waals surface area (Å²) in [7, 11) is 0. The van der Waals surface area contributed by atoms with Gasteiger partial charge in [-0.1, -0.05) is 45.0 Å². The molecule has 0 spiro atoms. The van der Waals surface area contributed by atoms with E-state index in [1.165, 1.54) is 30.4 Å². The van der Waals surface area contributed by atoms with Crippen LogP contribution in [0.4, 0.5) is 0 Å². The van der Waals surface area contributed by atoms with Crippen LogP contribution in [0.3, 0.4) is 0 Å². The first-order valence-corrected chi connectivity index (χ1v) is 7.41. The number of hydrogen-bond acceptors (Lipinski definition) is 1. The molecule has 0 aliphatic heterocycles. The quantitative estimate of drug-likeness (QED) is 0.794. The van der Waals surface area contributed by atoms with Gasteiger partial charge in [0.1, 0.15) is 0 Å². The van der Waals surface area contributed by atoms with Crippen LogP contribution >= 0.6 is 0 Å². The van der Waals surface area contributed by atoms with Gasteiger partial charge in [-0.25, -0.2) is 0 Å². The summed E-state index contributed by atoms with van der Waals surface area (Å²) in [5.41, 5.74) is 2.96. The second-order valence-corrected chi connectivity index (χ2v) is 6.36. The predicted molar refractivity (Wildman–Crippen MR) is 79.0 cm³/mol. The SMILES string of the molecule is CC(C)Cc1cccc(C(C)C(C)NC2CC2)c1. The van der Waals surface area contributed by atoms with Gasteiger partial charge in [-0.15, -0.1) is 0 Å². The molecule has 0 radical (unpaired) electrons. The highest BCUT2D eigenvalue weighted by Crippen LogP contribution is 2.25. The van der Waals surface area contributed by atoms with Crippen LogP contribution in [0.5, 0.6) is 0 Å². The molecule has 18 heavy (non-hydrogen) atoms. The van der Waals surface area contributed by atoms with Gasteiger partial charge in [0.05, 0.1) is 0 Å². The van der Waals surface area contributed by atoms with E-state index in [0.29, 0.717) is 12.0 Å². The van der Waals surface area contributed by atoms with Crippen molar-refractivity contribution in [1.29, 1.82) is 0 Å². The van der Waals surface area contributed by atoms with E-state index in [-0.39, 0.29) is 0 Å². The molecule has 0 bridgehead atoms. The Kier molecular flexibility index (Phi) is 4.45. The molecule has 0 amide bonds. The monoisotopic (exact) mass is 245 g/mol. The van der Waals surface area contributed by atoms with Gasteiger partial charge in [0.25, 0.3) is 0 Å². The first kappa shape index (κ1) is 13.6. The minimum atomic E-state index is 0.576. The lowest BCUT2D eigenvalue weighted by Gasteiger charge is -2.22. The molecule has 0 aromatic heterocycles. The molecule has 100 valence electrons. The van der Waals surface area contributed by atoms with Crippen molar-refractivity contribution < 1.29 is 0 Å². The Hall–Kier alpha value is -0.820. The summed E-state index contributed by atoms with van der Waals surface area (Å²) in [6.45, 7) is 9.23. The van der Waals surface area contributed by atoms with Crippen LogP contribution in [0, 0.1) is 5.92 Å². The lowest BCUT2D eigenvalue weighted by Crippen LogP contribution is -2.32. The predicted octanol–water partition coefficient (Wildman–Crippen LogP) is 4.13. The summed E-state index contributed by atoms with van der Waals surface area (Å²) in [5.74, 6) is 1.33. The first-order valence-electron chi connectivity index (χ1n) is 7.41. The van der Waals surface area contributed by atoms with Crippen molar-refractivity contribution in [3.05, 3.63) is 35.4 Å². The largest absolute Gasteiger partial charge is 0.311 e. The van der Waals surface area contributed by atoms with Gasteiger partial charge in [-0.3, -0.25) is 0 Å². The summed E-state index contributed by atoms with van der Waals surface area (Å²) < 4.78 is 0. The van der Waals surface area contributed by atoms with Crippen LogP contribution in [0.25, 0.3) is 0 Å². The molecular weight excluding hydrogens is 218 g/mol. The number of nitrogens with one attached hydrogen (secondary N) is 1. The van der Waals surface area contributed by atoms with E-state index in [9.17, 15) is 0 Å². The summed E-state index contributed by atoms with van der Waals surface area (Å²) in [5, 5.41) is 3.71. The van der Waals surface area contributed by atoms with Crippen LogP contribution in [-0.4, -0.2) is 12.1 Å². The highest BCUT2D eigenvalue weighted by Gasteiger charge is 2.25. The van der Waals surface area contributed by atoms with E-state index in [4.69, 9.17) is 0 Å². The zero-order valence-electron chi connectivity index (χ0n) is 12.2. The third-order valence-corrected chi connectivity index (χ3v) is 3.95. The van der Waals surface area contributed by atoms with Gasteiger partial charge in [0.2, 0.25) is 0 Å². The highest BCUT2D eigenvalue weighted by atomic mass is 15.0. The second-order valence-electron chi connectivity index (χ2n) is 6.36. The maximum Gasteiger partial charge on any atom is 0.0107 e. The molecule has 0 saturated heterocycles. The molecule has 1 aliphatic rings. The zero-order chi connectivity index (χ0) is 13.1. The Morgan fingerprint density at radius 3 is 2.50 bits per heavy atom. The van der Waals surface area contributed by atoms with Crippen LogP contribution in [0.15, 0.2) is 24.3 Å². The van der Waals surface area contributed by atoms with Gasteiger partial charge in [0.15, 0.2) is 0 Å². The number of rotatable bonds is 6. The minimum absolute atomic E-state index is 0.576. The standard InChI is InChI=1S/C17H27N/c1-12(2)10-15-6-5-7-16(11-15)13(3)14(4)18-17-8-9-17/h5-7,11-14,17-18H,8-10H2,1-4H3. The molecule has 1 N–H and O–H groups in total. The van der Waals surface area contributed by atoms with Crippen molar-refractivity contribution in [2.75, 3.05) is 0 Å². The summed E-state index contributed by atoms with van der Waals surface area (Å²) in [6.07, 6.45) is 3.92. The smallest absolute Gasteiger partial charge is 0.0107 e. The average Bonchev–Trinajstić information content (AvgIpc) is 3.11. The van der Waals surface area contributed by atoms with E-state index in [1.807, 2.05) is 0 Å². The molecule has 1 nitrogen and oxygen atoms in total. The fourth-order valence-electron chi connectivity index (χ4n) is 2.53. The van der Waals surface area contributed by atoms with Crippen LogP contribution in [-0.2, 0) is 6.42 Å². The Labute approximate surface area is 112 Å². The van der Waals surface area contributed by atoms with Gasteiger partial charge in [-0.2, -0.15) is 0 Å². The topological polar surface area (TPSA) is 12.0 Å². The van der Waals surface area contributed by atoms with E-state index < -0.39 is 0 Å². The molecule has 1 aliphatic carbocycles. The molecule has 1 heteroatoms. The molecular formula is C17H27N. The fraction of sp³-hybridized carbons (Fsp3) is 0.647. The Morgan fingerprint density at radius 2 is 1.89 bits per heavy atom. The van der Waals surface area contributed by atoms with Crippen molar-refractivity contribution >= 4 is 0 Å². The molecule has 1 saturated carbocycles. The van der Waals surface area contributed by atoms with Crippen LogP contribution in [0.2, 0.25) is 0 Å². The zero-order valence-corrected chi connectivity index (χ0v) is 12.2. The Morgan fingerprint density at radius 1 is 1.17 bits per heavy atom. The lowest BCUT2D eigenvalue weighted by atomic mass is 9.91. The van der Waals surface area contributed by atoms with Gasteiger partial charge in [-0.05, 0) is 49.1 Å². The maximum absolute atomic E-state index is 3.71. The third kappa shape index (κ3) is 3.84. The van der Waals surface area contributed by atoms with E-state index in [1.54, 1.807) is 0 Å². The fourth-order valence-corrected chi connectivity index (χ4v) is 2.53. The van der Waals surface area contributed by atoms with E-state index in [2.05, 4.69) is 57.3 Å². The van der Waals surface area contributed by atoms with Crippen LogP contribution < -0.4 is 5.32 Å². The molecule has 1 aromatic carbocycles. The van der Waals surface area contributed by atoms with Gasteiger partial charge < -0.3 is 5.32 Å². The number of benzene rings is 1. The van der Waals surface area contributed by atoms with Crippen molar-refractivity contribution in [2.24, 2.45) is 5.92 Å². The van der Waals surface area contributed by atoms with Crippen molar-refractivity contribution in [2.45, 2.75) is 65.0 Å². The van der Waals surface area contributed by atoms with E-state index in [0.717, 1.165) is 12.0 Å². The molecule has 0 heterocycles. The van der Waals surface area contributed by atoms with Crippen LogP contribution in [0.1, 0.15) is 57.6 Å². The van der Waals surface area contributed by atoms with Crippen molar-refractivity contribution in [3.8, 4) is 0 Å². The summed E-state index contributed by atoms with van der Waals surface area (Å²) in [4.78, 5) is 0. The summed E-state index contributed by atoms with van der Waals surface area (Å²) in [6, 6.07) is 10.5. The van der Waals surface area contributed by atoms with Crippen molar-refractivity contribution in [3.63, 3.8) is 0 Å². The third-order valence-electron chi connectivity index (χ3n) is 3.95. The summed E-state index contributed by atoms with van der Waals surface area (Å²) >= 11 is 0. The average molecular weight is 245 g/mol. The normalized spacial score (nSPS) is 18.9. The molecule has 2 rings (SSSR count). The lowest BCUT2D eigenvalue weighted by molar-refractivity contribution is 0.478. The first-order chi connectivity index (χ1) is 8.56. The van der Waals surface area contributed by atoms with Crippen molar-refractivity contribution in [1.82, 2.24) is 5.32 Å². The maximum atomic E-state index is 3.71. The molecule has 1 fully saturated rings. The number of hydrogen-bond donors (Lipinski definition) is 1. The Bertz CT molecular complexity index is 379. The minimum Gasteiger partial charge on any atom is -0.311 e. The Balaban J connectivity index is 2.01. The molecule has 1 aromatic rings. The van der Waals surface area contributed by atoms with Gasteiger partial charge >= 0.3 is 0 Å². The van der Waals surface area contributed by atoms with E-state index >= 15 is 0 Å².